The van der Waals surface area contributed by atoms with E-state index in [1.807, 2.05) is 5.38 Å². The highest BCUT2D eigenvalue weighted by Crippen LogP contribution is 2.32. The van der Waals surface area contributed by atoms with E-state index < -0.39 is 11.4 Å². The number of rotatable bonds is 4. The van der Waals surface area contributed by atoms with Crippen LogP contribution in [0.3, 0.4) is 0 Å². The highest BCUT2D eigenvalue weighted by molar-refractivity contribution is 7.13. The van der Waals surface area contributed by atoms with E-state index in [1.54, 1.807) is 25.2 Å². The summed E-state index contributed by atoms with van der Waals surface area (Å²) in [4.78, 5) is 18.0. The van der Waals surface area contributed by atoms with Gasteiger partial charge in [-0.25, -0.2) is 4.98 Å². The van der Waals surface area contributed by atoms with Crippen molar-refractivity contribution in [2.75, 3.05) is 11.9 Å². The quantitative estimate of drug-likeness (QED) is 0.921. The molecule has 0 spiro atoms. The van der Waals surface area contributed by atoms with Crippen molar-refractivity contribution in [1.82, 2.24) is 4.98 Å². The van der Waals surface area contributed by atoms with Crippen LogP contribution in [0.25, 0.3) is 0 Å². The van der Waals surface area contributed by atoms with E-state index in [-0.39, 0.29) is 0 Å². The Morgan fingerprint density at radius 2 is 2.05 bits per heavy atom. The highest BCUT2D eigenvalue weighted by Gasteiger charge is 2.33. The van der Waals surface area contributed by atoms with Gasteiger partial charge in [0.1, 0.15) is 5.41 Å². The van der Waals surface area contributed by atoms with E-state index in [2.05, 4.69) is 16.9 Å². The molecule has 1 heterocycles. The van der Waals surface area contributed by atoms with Crippen LogP contribution >= 0.6 is 11.3 Å². The molecule has 4 nitrogen and oxygen atoms in total. The number of carbonyl (C=O) groups is 1. The summed E-state index contributed by atoms with van der Waals surface area (Å²) in [7, 11) is 2.08. The second-order valence-electron chi connectivity index (χ2n) is 5.85. The number of nitrogens with zero attached hydrogens (tertiary/aromatic N) is 2. The van der Waals surface area contributed by atoms with Crippen LogP contribution in [0.15, 0.2) is 5.38 Å². The van der Waals surface area contributed by atoms with Crippen LogP contribution in [-0.4, -0.2) is 29.1 Å². The van der Waals surface area contributed by atoms with Crippen LogP contribution in [0.1, 0.15) is 51.6 Å². The lowest BCUT2D eigenvalue weighted by atomic mass is 9.90. The average molecular weight is 282 g/mol. The molecule has 19 heavy (non-hydrogen) atoms. The highest BCUT2D eigenvalue weighted by atomic mass is 32.1. The van der Waals surface area contributed by atoms with Crippen LogP contribution in [0.2, 0.25) is 0 Å². The largest absolute Gasteiger partial charge is 0.481 e. The lowest BCUT2D eigenvalue weighted by Crippen LogP contribution is -2.33. The lowest BCUT2D eigenvalue weighted by molar-refractivity contribution is -0.142. The third kappa shape index (κ3) is 2.91. The zero-order valence-corrected chi connectivity index (χ0v) is 12.7. The molecule has 5 heteroatoms. The van der Waals surface area contributed by atoms with Gasteiger partial charge in [0, 0.05) is 18.5 Å². The summed E-state index contributed by atoms with van der Waals surface area (Å²) in [6, 6.07) is 0.556. The van der Waals surface area contributed by atoms with E-state index >= 15 is 0 Å². The van der Waals surface area contributed by atoms with Crippen molar-refractivity contribution in [2.24, 2.45) is 0 Å². The summed E-state index contributed by atoms with van der Waals surface area (Å²) in [6.45, 7) is 3.41. The standard InChI is InChI=1S/C14H22N2O2S/c1-14(2,12(17)18)11-9-19-13(15-11)16(3)10-7-5-4-6-8-10/h9-10H,4-8H2,1-3H3,(H,17,18). The van der Waals surface area contributed by atoms with Gasteiger partial charge in [0.15, 0.2) is 5.13 Å². The molecule has 0 atom stereocenters. The maximum atomic E-state index is 11.3. The maximum absolute atomic E-state index is 11.3. The minimum absolute atomic E-state index is 0.556. The fourth-order valence-corrected chi connectivity index (χ4v) is 3.48. The topological polar surface area (TPSA) is 53.4 Å². The third-order valence-electron chi connectivity index (χ3n) is 4.09. The Balaban J connectivity index is 2.14. The van der Waals surface area contributed by atoms with Gasteiger partial charge in [0.25, 0.3) is 0 Å². The monoisotopic (exact) mass is 282 g/mol. The second kappa shape index (κ2) is 5.49. The Kier molecular flexibility index (Phi) is 4.13. The molecule has 0 unspecified atom stereocenters. The van der Waals surface area contributed by atoms with Crippen molar-refractivity contribution < 1.29 is 9.90 Å². The van der Waals surface area contributed by atoms with Crippen LogP contribution < -0.4 is 4.90 Å². The molecule has 1 aliphatic rings. The molecule has 2 rings (SSSR count). The zero-order valence-electron chi connectivity index (χ0n) is 11.8. The molecule has 0 aromatic carbocycles. The molecular formula is C14H22N2O2S. The van der Waals surface area contributed by atoms with E-state index in [1.165, 1.54) is 32.1 Å². The number of hydrogen-bond acceptors (Lipinski definition) is 4. The van der Waals surface area contributed by atoms with Crippen molar-refractivity contribution in [3.63, 3.8) is 0 Å². The number of hydrogen-bond donors (Lipinski definition) is 1. The Bertz CT molecular complexity index is 450. The van der Waals surface area contributed by atoms with Crippen molar-refractivity contribution in [2.45, 2.75) is 57.4 Å². The molecular weight excluding hydrogens is 260 g/mol. The molecule has 0 amide bonds. The molecule has 0 radical (unpaired) electrons. The molecule has 106 valence electrons. The van der Waals surface area contributed by atoms with Gasteiger partial charge in [-0.15, -0.1) is 11.3 Å². The number of carboxylic acids is 1. The zero-order chi connectivity index (χ0) is 14.0. The summed E-state index contributed by atoms with van der Waals surface area (Å²) in [6.07, 6.45) is 6.34. The number of anilines is 1. The molecule has 1 N–H and O–H groups in total. The molecule has 0 bridgehead atoms. The smallest absolute Gasteiger partial charge is 0.315 e. The predicted octanol–water partition coefficient (Wildman–Crippen LogP) is 3.27. The van der Waals surface area contributed by atoms with Gasteiger partial charge in [-0.2, -0.15) is 0 Å². The van der Waals surface area contributed by atoms with E-state index in [4.69, 9.17) is 0 Å². The first kappa shape index (κ1) is 14.3. The fraction of sp³-hybridized carbons (Fsp3) is 0.714. The number of carboxylic acid groups (broad SMARTS) is 1. The molecule has 1 saturated carbocycles. The number of thiazole rings is 1. The maximum Gasteiger partial charge on any atom is 0.315 e. The first-order chi connectivity index (χ1) is 8.93. The van der Waals surface area contributed by atoms with Crippen LogP contribution in [0, 0.1) is 0 Å². The third-order valence-corrected chi connectivity index (χ3v) is 5.02. The minimum Gasteiger partial charge on any atom is -0.481 e. The molecule has 1 aromatic rings. The van der Waals surface area contributed by atoms with Crippen molar-refractivity contribution in [3.8, 4) is 0 Å². The Morgan fingerprint density at radius 3 is 2.63 bits per heavy atom. The van der Waals surface area contributed by atoms with Crippen LogP contribution in [-0.2, 0) is 10.2 Å². The van der Waals surface area contributed by atoms with E-state index in [0.717, 1.165) is 5.13 Å². The summed E-state index contributed by atoms with van der Waals surface area (Å²) < 4.78 is 0. The van der Waals surface area contributed by atoms with E-state index in [0.29, 0.717) is 11.7 Å². The van der Waals surface area contributed by atoms with E-state index in [9.17, 15) is 9.90 Å². The van der Waals surface area contributed by atoms with Gasteiger partial charge in [-0.1, -0.05) is 19.3 Å². The normalized spacial score (nSPS) is 17.4. The van der Waals surface area contributed by atoms with Gasteiger partial charge in [-0.3, -0.25) is 4.79 Å². The number of aliphatic carboxylic acids is 1. The molecule has 1 aliphatic carbocycles. The van der Waals surface area contributed by atoms with Gasteiger partial charge in [0.05, 0.1) is 5.69 Å². The summed E-state index contributed by atoms with van der Waals surface area (Å²) in [5.74, 6) is -0.829. The second-order valence-corrected chi connectivity index (χ2v) is 6.68. The van der Waals surface area contributed by atoms with Crippen molar-refractivity contribution in [1.29, 1.82) is 0 Å². The minimum atomic E-state index is -0.915. The molecule has 1 fully saturated rings. The van der Waals surface area contributed by atoms with Gasteiger partial charge < -0.3 is 10.0 Å². The van der Waals surface area contributed by atoms with Crippen LogP contribution in [0.4, 0.5) is 5.13 Å². The predicted molar refractivity (Wildman–Crippen MR) is 78.1 cm³/mol. The Labute approximate surface area is 118 Å². The van der Waals surface area contributed by atoms with Gasteiger partial charge >= 0.3 is 5.97 Å². The molecule has 0 aliphatic heterocycles. The van der Waals surface area contributed by atoms with Gasteiger partial charge in [0.2, 0.25) is 0 Å². The van der Waals surface area contributed by atoms with Crippen molar-refractivity contribution >= 4 is 22.4 Å². The average Bonchev–Trinajstić information content (AvgIpc) is 2.89. The molecule has 0 saturated heterocycles. The van der Waals surface area contributed by atoms with Gasteiger partial charge in [-0.05, 0) is 26.7 Å². The summed E-state index contributed by atoms with van der Waals surface area (Å²) >= 11 is 1.55. The van der Waals surface area contributed by atoms with Crippen molar-refractivity contribution in [3.05, 3.63) is 11.1 Å². The molecule has 1 aromatic heterocycles. The lowest BCUT2D eigenvalue weighted by Gasteiger charge is -2.31. The summed E-state index contributed by atoms with van der Waals surface area (Å²) in [5.41, 5.74) is -0.259. The number of aromatic nitrogens is 1. The first-order valence-corrected chi connectivity index (χ1v) is 7.73. The fourth-order valence-electron chi connectivity index (χ4n) is 2.45. The Morgan fingerprint density at radius 1 is 1.42 bits per heavy atom. The first-order valence-electron chi connectivity index (χ1n) is 6.85. The summed E-state index contributed by atoms with van der Waals surface area (Å²) in [5, 5.41) is 12.1. The van der Waals surface area contributed by atoms with Crippen LogP contribution in [0.5, 0.6) is 0 Å². The Hall–Kier alpha value is -1.10. The SMILES string of the molecule is CN(c1nc(C(C)(C)C(=O)O)cs1)C1CCCCC1.